The summed E-state index contributed by atoms with van der Waals surface area (Å²) in [5.74, 6) is -0.749. The Hall–Kier alpha value is -3.38. The molecule has 7 nitrogen and oxygen atoms in total. The van der Waals surface area contributed by atoms with E-state index in [0.717, 1.165) is 16.9 Å². The molecule has 1 amide bonds. The number of aromatic nitrogens is 5. The molecule has 0 aliphatic heterocycles. The van der Waals surface area contributed by atoms with Gasteiger partial charge in [0, 0.05) is 31.1 Å². The zero-order valence-corrected chi connectivity index (χ0v) is 16.7. The highest BCUT2D eigenvalue weighted by molar-refractivity contribution is 5.93. The summed E-state index contributed by atoms with van der Waals surface area (Å²) < 4.78 is 79.8. The monoisotopic (exact) mass is 458 g/mol. The molecular weight excluding hydrogens is 442 g/mol. The quantitative estimate of drug-likeness (QED) is 0.607. The van der Waals surface area contributed by atoms with Crippen LogP contribution in [-0.4, -0.2) is 30.5 Å². The van der Waals surface area contributed by atoms with Gasteiger partial charge in [-0.15, -0.1) is 0 Å². The highest BCUT2D eigenvalue weighted by atomic mass is 19.4. The molecule has 0 radical (unpaired) electrons. The zero-order chi connectivity index (χ0) is 23.4. The van der Waals surface area contributed by atoms with Crippen LogP contribution < -0.4 is 5.32 Å². The summed E-state index contributed by atoms with van der Waals surface area (Å²) in [6, 6.07) is 0.993. The molecule has 0 bridgehead atoms. The molecule has 0 unspecified atom stereocenters. The fourth-order valence-corrected chi connectivity index (χ4v) is 3.58. The second-order valence-electron chi connectivity index (χ2n) is 7.43. The van der Waals surface area contributed by atoms with Gasteiger partial charge in [-0.25, -0.2) is 4.68 Å². The van der Waals surface area contributed by atoms with E-state index in [9.17, 15) is 31.1 Å². The van der Waals surface area contributed by atoms with Gasteiger partial charge >= 0.3 is 12.4 Å². The molecule has 0 saturated carbocycles. The first-order valence-electron chi connectivity index (χ1n) is 9.39. The van der Waals surface area contributed by atoms with E-state index in [1.54, 1.807) is 6.92 Å². The number of pyridine rings is 1. The van der Waals surface area contributed by atoms with Crippen molar-refractivity contribution in [2.24, 2.45) is 7.05 Å². The van der Waals surface area contributed by atoms with Gasteiger partial charge in [-0.05, 0) is 31.4 Å². The molecule has 0 aromatic carbocycles. The zero-order valence-electron chi connectivity index (χ0n) is 16.7. The lowest BCUT2D eigenvalue weighted by Crippen LogP contribution is -2.28. The average Bonchev–Trinajstić information content (AvgIpc) is 3.36. The van der Waals surface area contributed by atoms with Crippen LogP contribution in [0.25, 0.3) is 5.69 Å². The van der Waals surface area contributed by atoms with Gasteiger partial charge in [0.05, 0.1) is 17.4 Å². The topological polar surface area (TPSA) is 77.6 Å². The van der Waals surface area contributed by atoms with Crippen molar-refractivity contribution in [2.75, 3.05) is 0 Å². The molecule has 1 aliphatic carbocycles. The Labute approximate surface area is 177 Å². The molecule has 32 heavy (non-hydrogen) atoms. The Balaban J connectivity index is 1.59. The summed E-state index contributed by atoms with van der Waals surface area (Å²) in [6.07, 6.45) is -5.78. The maximum Gasteiger partial charge on any atom is 0.435 e. The second-order valence-corrected chi connectivity index (χ2v) is 7.43. The van der Waals surface area contributed by atoms with Gasteiger partial charge in [0.15, 0.2) is 5.69 Å². The lowest BCUT2D eigenvalue weighted by Gasteiger charge is -2.13. The van der Waals surface area contributed by atoms with Crippen molar-refractivity contribution in [1.82, 2.24) is 29.9 Å². The summed E-state index contributed by atoms with van der Waals surface area (Å²) in [5.41, 5.74) is -0.683. The molecule has 4 rings (SSSR count). The molecule has 0 saturated heterocycles. The normalized spacial score (nSPS) is 16.3. The van der Waals surface area contributed by atoms with Crippen molar-refractivity contribution in [3.05, 3.63) is 58.4 Å². The van der Waals surface area contributed by atoms with Crippen LogP contribution in [0.2, 0.25) is 0 Å². The Morgan fingerprint density at radius 2 is 1.78 bits per heavy atom. The second kappa shape index (κ2) is 7.35. The number of carbonyl (C=O) groups excluding carboxylic acids is 1. The van der Waals surface area contributed by atoms with Gasteiger partial charge in [-0.2, -0.15) is 36.5 Å². The van der Waals surface area contributed by atoms with Crippen molar-refractivity contribution < 1.29 is 31.1 Å². The van der Waals surface area contributed by atoms with Crippen LogP contribution in [0, 0.1) is 6.92 Å². The van der Waals surface area contributed by atoms with Crippen molar-refractivity contribution in [2.45, 2.75) is 38.2 Å². The SMILES string of the molecule is Cc1cnc(C(F)(F)F)cc1-n1cc2c(n1)CC[C@@H]2NC(=O)c1cc(C(F)(F)F)nn1C. The number of amides is 1. The lowest BCUT2D eigenvalue weighted by molar-refractivity contribution is -0.142. The minimum Gasteiger partial charge on any atom is -0.344 e. The molecule has 1 aliphatic rings. The van der Waals surface area contributed by atoms with Gasteiger partial charge < -0.3 is 5.32 Å². The molecule has 0 fully saturated rings. The Kier molecular flexibility index (Phi) is 5.01. The van der Waals surface area contributed by atoms with E-state index in [-0.39, 0.29) is 11.4 Å². The van der Waals surface area contributed by atoms with Crippen LogP contribution in [-0.2, 0) is 25.8 Å². The first kappa shape index (κ1) is 21.8. The van der Waals surface area contributed by atoms with Crippen molar-refractivity contribution in [1.29, 1.82) is 0 Å². The lowest BCUT2D eigenvalue weighted by atomic mass is 10.1. The maximum absolute atomic E-state index is 13.0. The maximum atomic E-state index is 13.0. The smallest absolute Gasteiger partial charge is 0.344 e. The van der Waals surface area contributed by atoms with Crippen molar-refractivity contribution in [3.63, 3.8) is 0 Å². The number of nitrogens with one attached hydrogen (secondary N) is 1. The Morgan fingerprint density at radius 3 is 2.41 bits per heavy atom. The summed E-state index contributed by atoms with van der Waals surface area (Å²) >= 11 is 0. The number of hydrogen-bond donors (Lipinski definition) is 1. The van der Waals surface area contributed by atoms with Crippen LogP contribution in [0.4, 0.5) is 26.3 Å². The molecule has 170 valence electrons. The van der Waals surface area contributed by atoms with Gasteiger partial charge in [0.25, 0.3) is 5.91 Å². The molecule has 3 heterocycles. The van der Waals surface area contributed by atoms with E-state index in [1.807, 2.05) is 0 Å². The number of rotatable bonds is 3. The van der Waals surface area contributed by atoms with Gasteiger partial charge in [0.1, 0.15) is 11.4 Å². The predicted molar refractivity (Wildman–Crippen MR) is 97.8 cm³/mol. The van der Waals surface area contributed by atoms with Crippen LogP contribution in [0.1, 0.15) is 51.2 Å². The number of halogens is 6. The largest absolute Gasteiger partial charge is 0.435 e. The number of fused-ring (bicyclic) bond motifs is 1. The van der Waals surface area contributed by atoms with E-state index in [0.29, 0.717) is 35.7 Å². The molecule has 1 N–H and O–H groups in total. The van der Waals surface area contributed by atoms with E-state index in [4.69, 9.17) is 0 Å². The third kappa shape index (κ3) is 3.94. The Morgan fingerprint density at radius 1 is 1.09 bits per heavy atom. The first-order chi connectivity index (χ1) is 14.8. The highest BCUT2D eigenvalue weighted by Gasteiger charge is 2.36. The minimum absolute atomic E-state index is 0.188. The molecule has 13 heteroatoms. The number of aryl methyl sites for hydroxylation is 3. The summed E-state index contributed by atoms with van der Waals surface area (Å²) in [5, 5.41) is 10.3. The van der Waals surface area contributed by atoms with Crippen molar-refractivity contribution >= 4 is 5.91 Å². The number of nitrogens with zero attached hydrogens (tertiary/aromatic N) is 5. The predicted octanol–water partition coefficient (Wildman–Crippen LogP) is 3.76. The summed E-state index contributed by atoms with van der Waals surface area (Å²) in [7, 11) is 1.23. The molecule has 3 aromatic heterocycles. The van der Waals surface area contributed by atoms with Gasteiger partial charge in [0.2, 0.25) is 0 Å². The van der Waals surface area contributed by atoms with Gasteiger partial charge in [-0.1, -0.05) is 0 Å². The minimum atomic E-state index is -4.68. The van der Waals surface area contributed by atoms with Gasteiger partial charge in [-0.3, -0.25) is 14.5 Å². The third-order valence-corrected chi connectivity index (χ3v) is 5.19. The van der Waals surface area contributed by atoms with Crippen LogP contribution in [0.5, 0.6) is 0 Å². The van der Waals surface area contributed by atoms with Crippen LogP contribution >= 0.6 is 0 Å². The Bertz CT molecular complexity index is 1190. The van der Waals surface area contributed by atoms with Crippen molar-refractivity contribution in [3.8, 4) is 5.69 Å². The average molecular weight is 458 g/mol. The van der Waals surface area contributed by atoms with E-state index in [2.05, 4.69) is 20.5 Å². The van der Waals surface area contributed by atoms with Crippen LogP contribution in [0.3, 0.4) is 0 Å². The molecule has 0 spiro atoms. The molecule has 3 aromatic rings. The van der Waals surface area contributed by atoms with Crippen LogP contribution in [0.15, 0.2) is 24.5 Å². The van der Waals surface area contributed by atoms with E-state index >= 15 is 0 Å². The standard InChI is InChI=1S/C19H16F6N6O/c1-9-7-26-15(18(20,21)22)5-13(9)31-8-10-11(3-4-12(10)28-31)27-17(32)14-6-16(19(23,24)25)29-30(14)2/h5-8,11H,3-4H2,1-2H3,(H,27,32)/t11-/m0/s1. The number of carbonyl (C=O) groups is 1. The highest BCUT2D eigenvalue weighted by Crippen LogP contribution is 2.34. The number of alkyl halides is 6. The molecule has 1 atom stereocenters. The summed E-state index contributed by atoms with van der Waals surface area (Å²) in [4.78, 5) is 16.0. The first-order valence-corrected chi connectivity index (χ1v) is 9.39. The van der Waals surface area contributed by atoms with E-state index < -0.39 is 35.7 Å². The molecular formula is C19H16F6N6O. The summed E-state index contributed by atoms with van der Waals surface area (Å²) in [6.45, 7) is 1.59. The van der Waals surface area contributed by atoms with E-state index in [1.165, 1.54) is 17.9 Å². The fourth-order valence-electron chi connectivity index (χ4n) is 3.58. The number of hydrogen-bond acceptors (Lipinski definition) is 4. The third-order valence-electron chi connectivity index (χ3n) is 5.19. The fraction of sp³-hybridized carbons (Fsp3) is 0.368.